The molecular weight excluding hydrogens is 374 g/mol. The third-order valence-electron chi connectivity index (χ3n) is 4.05. The summed E-state index contributed by atoms with van der Waals surface area (Å²) in [6.07, 6.45) is 0. The number of esters is 2. The number of nitrogens with one attached hydrogen (secondary N) is 1. The van der Waals surface area contributed by atoms with E-state index in [2.05, 4.69) is 10.1 Å². The van der Waals surface area contributed by atoms with Gasteiger partial charge in [0.05, 0.1) is 18.4 Å². The molecule has 0 spiro atoms. The molecule has 0 radical (unpaired) electrons. The molecule has 29 heavy (non-hydrogen) atoms. The molecule has 0 saturated heterocycles. The van der Waals surface area contributed by atoms with Crippen molar-refractivity contribution >= 4 is 34.3 Å². The molecule has 0 aliphatic rings. The van der Waals surface area contributed by atoms with Gasteiger partial charge >= 0.3 is 11.9 Å². The van der Waals surface area contributed by atoms with Gasteiger partial charge in [0.1, 0.15) is 5.75 Å². The Morgan fingerprint density at radius 2 is 1.59 bits per heavy atom. The van der Waals surface area contributed by atoms with Crippen molar-refractivity contribution in [2.45, 2.75) is 0 Å². The molecule has 3 aromatic rings. The topological polar surface area (TPSA) is 90.9 Å². The maximum Gasteiger partial charge on any atom is 0.344 e. The van der Waals surface area contributed by atoms with Crippen LogP contribution in [0.4, 0.5) is 5.69 Å². The fourth-order valence-corrected chi connectivity index (χ4v) is 2.65. The van der Waals surface area contributed by atoms with Gasteiger partial charge in [-0.1, -0.05) is 42.5 Å². The Labute approximate surface area is 167 Å². The lowest BCUT2D eigenvalue weighted by molar-refractivity contribution is -0.149. The van der Waals surface area contributed by atoms with Crippen molar-refractivity contribution in [1.29, 1.82) is 0 Å². The molecule has 0 saturated carbocycles. The average Bonchev–Trinajstić information content (AvgIpc) is 2.76. The minimum Gasteiger partial charge on any atom is -0.482 e. The first-order chi connectivity index (χ1) is 14.1. The van der Waals surface area contributed by atoms with Crippen LogP contribution in [0.3, 0.4) is 0 Å². The second-order valence-corrected chi connectivity index (χ2v) is 6.04. The fraction of sp³-hybridized carbons (Fsp3) is 0.136. The molecule has 0 aromatic heterocycles. The van der Waals surface area contributed by atoms with Gasteiger partial charge in [0, 0.05) is 0 Å². The maximum atomic E-state index is 12.0. The molecule has 0 heterocycles. The number of amides is 1. The van der Waals surface area contributed by atoms with Crippen LogP contribution in [-0.2, 0) is 19.1 Å². The Morgan fingerprint density at radius 3 is 2.38 bits per heavy atom. The van der Waals surface area contributed by atoms with Gasteiger partial charge in [-0.2, -0.15) is 0 Å². The van der Waals surface area contributed by atoms with Crippen molar-refractivity contribution in [2.24, 2.45) is 0 Å². The van der Waals surface area contributed by atoms with Gasteiger partial charge < -0.3 is 19.5 Å². The smallest absolute Gasteiger partial charge is 0.344 e. The van der Waals surface area contributed by atoms with E-state index in [9.17, 15) is 14.4 Å². The summed E-state index contributed by atoms with van der Waals surface area (Å²) in [6, 6.07) is 19.6. The monoisotopic (exact) mass is 393 g/mol. The van der Waals surface area contributed by atoms with E-state index in [1.165, 1.54) is 13.2 Å². The van der Waals surface area contributed by atoms with Crippen LogP contribution in [0.5, 0.6) is 5.75 Å². The highest BCUT2D eigenvalue weighted by molar-refractivity contribution is 6.01. The Balaban J connectivity index is 1.49. The molecule has 7 heteroatoms. The van der Waals surface area contributed by atoms with Gasteiger partial charge in [0.2, 0.25) is 0 Å². The standard InChI is InChI=1S/C22H19NO6/c1-27-22(26)18-8-4-5-9-19(18)23-20(24)13-29-21(25)14-28-17-11-10-15-6-2-3-7-16(15)12-17/h2-12H,13-14H2,1H3,(H,23,24). The maximum absolute atomic E-state index is 12.0. The third kappa shape index (κ3) is 5.32. The van der Waals surface area contributed by atoms with Gasteiger partial charge in [0.25, 0.3) is 5.91 Å². The number of methoxy groups -OCH3 is 1. The number of carbonyl (C=O) groups excluding carboxylic acids is 3. The number of carbonyl (C=O) groups is 3. The highest BCUT2D eigenvalue weighted by atomic mass is 16.6. The number of para-hydroxylation sites is 1. The predicted molar refractivity (Wildman–Crippen MR) is 107 cm³/mol. The van der Waals surface area contributed by atoms with E-state index < -0.39 is 24.5 Å². The number of hydrogen-bond acceptors (Lipinski definition) is 6. The summed E-state index contributed by atoms with van der Waals surface area (Å²) in [5.41, 5.74) is 0.474. The molecule has 1 amide bonds. The first-order valence-corrected chi connectivity index (χ1v) is 8.81. The number of ether oxygens (including phenoxy) is 3. The van der Waals surface area contributed by atoms with Crippen molar-refractivity contribution in [3.63, 3.8) is 0 Å². The molecular formula is C22H19NO6. The van der Waals surface area contributed by atoms with E-state index in [0.29, 0.717) is 5.75 Å². The molecule has 0 atom stereocenters. The Morgan fingerprint density at radius 1 is 0.862 bits per heavy atom. The summed E-state index contributed by atoms with van der Waals surface area (Å²) < 4.78 is 15.0. The first kappa shape index (κ1) is 19.9. The Kier molecular flexibility index (Phi) is 6.42. The third-order valence-corrected chi connectivity index (χ3v) is 4.05. The molecule has 0 bridgehead atoms. The molecule has 0 unspecified atom stereocenters. The zero-order valence-corrected chi connectivity index (χ0v) is 15.7. The molecule has 7 nitrogen and oxygen atoms in total. The largest absolute Gasteiger partial charge is 0.482 e. The van der Waals surface area contributed by atoms with E-state index in [4.69, 9.17) is 9.47 Å². The van der Waals surface area contributed by atoms with E-state index in [0.717, 1.165) is 10.8 Å². The summed E-state index contributed by atoms with van der Waals surface area (Å²) in [6.45, 7) is -0.834. The lowest BCUT2D eigenvalue weighted by atomic mass is 10.1. The normalized spacial score (nSPS) is 10.2. The fourth-order valence-electron chi connectivity index (χ4n) is 2.65. The van der Waals surface area contributed by atoms with Gasteiger partial charge in [-0.3, -0.25) is 4.79 Å². The van der Waals surface area contributed by atoms with Crippen LogP contribution in [0, 0.1) is 0 Å². The van der Waals surface area contributed by atoms with Gasteiger partial charge in [-0.05, 0) is 35.0 Å². The lowest BCUT2D eigenvalue weighted by Gasteiger charge is -2.10. The number of anilines is 1. The molecule has 0 fully saturated rings. The zero-order chi connectivity index (χ0) is 20.6. The summed E-state index contributed by atoms with van der Waals surface area (Å²) >= 11 is 0. The minimum atomic E-state index is -0.686. The molecule has 148 valence electrons. The van der Waals surface area contributed by atoms with Crippen molar-refractivity contribution < 1.29 is 28.6 Å². The summed E-state index contributed by atoms with van der Waals surface area (Å²) in [5, 5.41) is 4.57. The number of rotatable bonds is 7. The first-order valence-electron chi connectivity index (χ1n) is 8.81. The highest BCUT2D eigenvalue weighted by Crippen LogP contribution is 2.20. The number of hydrogen-bond donors (Lipinski definition) is 1. The second kappa shape index (κ2) is 9.36. The Hall–Kier alpha value is -3.87. The summed E-state index contributed by atoms with van der Waals surface area (Å²) in [5.74, 6) is -1.33. The van der Waals surface area contributed by atoms with Crippen molar-refractivity contribution in [3.05, 3.63) is 72.3 Å². The van der Waals surface area contributed by atoms with Crippen LogP contribution in [0.25, 0.3) is 10.8 Å². The van der Waals surface area contributed by atoms with Crippen LogP contribution in [0.2, 0.25) is 0 Å². The minimum absolute atomic E-state index is 0.203. The molecule has 1 N–H and O–H groups in total. The van der Waals surface area contributed by atoms with E-state index >= 15 is 0 Å². The van der Waals surface area contributed by atoms with Crippen LogP contribution >= 0.6 is 0 Å². The molecule has 3 rings (SSSR count). The summed E-state index contributed by atoms with van der Waals surface area (Å²) in [4.78, 5) is 35.6. The van der Waals surface area contributed by atoms with Crippen LogP contribution in [0.1, 0.15) is 10.4 Å². The van der Waals surface area contributed by atoms with E-state index in [1.54, 1.807) is 24.3 Å². The number of fused-ring (bicyclic) bond motifs is 1. The lowest BCUT2D eigenvalue weighted by Crippen LogP contribution is -2.24. The average molecular weight is 393 g/mol. The van der Waals surface area contributed by atoms with Gasteiger partial charge in [-0.15, -0.1) is 0 Å². The second-order valence-electron chi connectivity index (χ2n) is 6.04. The van der Waals surface area contributed by atoms with Crippen molar-refractivity contribution in [1.82, 2.24) is 0 Å². The quantitative estimate of drug-likeness (QED) is 0.620. The highest BCUT2D eigenvalue weighted by Gasteiger charge is 2.14. The number of benzene rings is 3. The molecule has 0 aliphatic carbocycles. The van der Waals surface area contributed by atoms with Crippen LogP contribution < -0.4 is 10.1 Å². The zero-order valence-electron chi connectivity index (χ0n) is 15.7. The van der Waals surface area contributed by atoms with Gasteiger partial charge in [0.15, 0.2) is 13.2 Å². The predicted octanol–water partition coefficient (Wildman–Crippen LogP) is 3.19. The SMILES string of the molecule is COC(=O)c1ccccc1NC(=O)COC(=O)COc1ccc2ccccc2c1. The van der Waals surface area contributed by atoms with E-state index in [-0.39, 0.29) is 17.9 Å². The molecule has 0 aliphatic heterocycles. The van der Waals surface area contributed by atoms with Crippen LogP contribution in [-0.4, -0.2) is 38.2 Å². The van der Waals surface area contributed by atoms with E-state index in [1.807, 2.05) is 36.4 Å². The molecule has 3 aromatic carbocycles. The van der Waals surface area contributed by atoms with Crippen molar-refractivity contribution in [2.75, 3.05) is 25.6 Å². The van der Waals surface area contributed by atoms with Crippen molar-refractivity contribution in [3.8, 4) is 5.75 Å². The summed E-state index contributed by atoms with van der Waals surface area (Å²) in [7, 11) is 1.25. The van der Waals surface area contributed by atoms with Gasteiger partial charge in [-0.25, -0.2) is 9.59 Å². The van der Waals surface area contributed by atoms with Crippen LogP contribution in [0.15, 0.2) is 66.7 Å². The Bertz CT molecular complexity index is 1050.